The lowest BCUT2D eigenvalue weighted by atomic mass is 9.97. The minimum absolute atomic E-state index is 0.0167. The molecule has 2 aliphatic rings. The third-order valence-electron chi connectivity index (χ3n) is 4.09. The van der Waals surface area contributed by atoms with Crippen molar-refractivity contribution in [1.82, 2.24) is 5.32 Å². The summed E-state index contributed by atoms with van der Waals surface area (Å²) in [6, 6.07) is 6.10. The van der Waals surface area contributed by atoms with Gasteiger partial charge in [0.2, 0.25) is 0 Å². The highest BCUT2D eigenvalue weighted by Gasteiger charge is 2.38. The van der Waals surface area contributed by atoms with Crippen molar-refractivity contribution in [2.24, 2.45) is 0 Å². The van der Waals surface area contributed by atoms with Crippen molar-refractivity contribution in [3.8, 4) is 0 Å². The maximum atomic E-state index is 12.4. The van der Waals surface area contributed by atoms with Crippen LogP contribution in [0.15, 0.2) is 18.2 Å². The summed E-state index contributed by atoms with van der Waals surface area (Å²) >= 11 is 0. The Kier molecular flexibility index (Phi) is 3.29. The molecule has 1 atom stereocenters. The van der Waals surface area contributed by atoms with Crippen molar-refractivity contribution in [2.45, 2.75) is 38.3 Å². The van der Waals surface area contributed by atoms with Gasteiger partial charge in [-0.2, -0.15) is 0 Å². The molecule has 4 heteroatoms. The standard InChI is InChI=1S/C15H20N2O2/c1-15(7-3-9-19-15)14(18)17-13-5-2-4-11-10-16-8-6-12(11)13/h2,4-5,16H,3,6-10H2,1H3,(H,17,18). The molecule has 0 aliphatic carbocycles. The van der Waals surface area contributed by atoms with E-state index in [1.54, 1.807) is 0 Å². The molecular formula is C15H20N2O2. The number of nitrogens with one attached hydrogen (secondary N) is 2. The van der Waals surface area contributed by atoms with Crippen LogP contribution in [0.1, 0.15) is 30.9 Å². The number of hydrogen-bond donors (Lipinski definition) is 2. The van der Waals surface area contributed by atoms with Gasteiger partial charge in [0.1, 0.15) is 5.60 Å². The van der Waals surface area contributed by atoms with Gasteiger partial charge in [0, 0.05) is 18.8 Å². The van der Waals surface area contributed by atoms with Gasteiger partial charge in [0.25, 0.3) is 5.91 Å². The Morgan fingerprint density at radius 3 is 3.16 bits per heavy atom. The van der Waals surface area contributed by atoms with Crippen LogP contribution in [-0.2, 0) is 22.5 Å². The molecule has 3 rings (SSSR count). The molecule has 1 unspecified atom stereocenters. The lowest BCUT2D eigenvalue weighted by molar-refractivity contribution is -0.133. The highest BCUT2D eigenvalue weighted by atomic mass is 16.5. The first kappa shape index (κ1) is 12.6. The summed E-state index contributed by atoms with van der Waals surface area (Å²) in [5.41, 5.74) is 2.83. The monoisotopic (exact) mass is 260 g/mol. The number of carbonyl (C=O) groups excluding carboxylic acids is 1. The smallest absolute Gasteiger partial charge is 0.256 e. The predicted molar refractivity (Wildman–Crippen MR) is 74.1 cm³/mol. The van der Waals surface area contributed by atoms with Crippen molar-refractivity contribution in [3.63, 3.8) is 0 Å². The van der Waals surface area contributed by atoms with E-state index in [1.165, 1.54) is 11.1 Å². The average Bonchev–Trinajstić information content (AvgIpc) is 2.87. The van der Waals surface area contributed by atoms with Crippen molar-refractivity contribution < 1.29 is 9.53 Å². The van der Waals surface area contributed by atoms with Crippen LogP contribution < -0.4 is 10.6 Å². The molecule has 1 fully saturated rings. The Bertz CT molecular complexity index is 493. The van der Waals surface area contributed by atoms with E-state index in [4.69, 9.17) is 4.74 Å². The van der Waals surface area contributed by atoms with E-state index in [2.05, 4.69) is 16.7 Å². The Hall–Kier alpha value is -1.39. The van der Waals surface area contributed by atoms with Gasteiger partial charge >= 0.3 is 0 Å². The Labute approximate surface area is 113 Å². The molecule has 0 saturated carbocycles. The molecule has 2 aliphatic heterocycles. The molecule has 1 aromatic rings. The third-order valence-corrected chi connectivity index (χ3v) is 4.09. The quantitative estimate of drug-likeness (QED) is 0.853. The largest absolute Gasteiger partial charge is 0.365 e. The molecule has 102 valence electrons. The summed E-state index contributed by atoms with van der Waals surface area (Å²) in [4.78, 5) is 12.4. The minimum atomic E-state index is -0.657. The number of hydrogen-bond acceptors (Lipinski definition) is 3. The van der Waals surface area contributed by atoms with E-state index >= 15 is 0 Å². The minimum Gasteiger partial charge on any atom is -0.365 e. The van der Waals surface area contributed by atoms with Gasteiger partial charge in [-0.15, -0.1) is 0 Å². The third kappa shape index (κ3) is 2.38. The van der Waals surface area contributed by atoms with Crippen molar-refractivity contribution >= 4 is 11.6 Å². The molecule has 0 radical (unpaired) electrons. The predicted octanol–water partition coefficient (Wildman–Crippen LogP) is 1.84. The molecule has 0 spiro atoms. The van der Waals surface area contributed by atoms with Gasteiger partial charge < -0.3 is 15.4 Å². The molecule has 2 heterocycles. The van der Waals surface area contributed by atoms with Crippen LogP contribution in [0.2, 0.25) is 0 Å². The van der Waals surface area contributed by atoms with Crippen LogP contribution in [0, 0.1) is 0 Å². The van der Waals surface area contributed by atoms with Crippen LogP contribution in [0.4, 0.5) is 5.69 Å². The van der Waals surface area contributed by atoms with Gasteiger partial charge in [-0.1, -0.05) is 12.1 Å². The second-order valence-corrected chi connectivity index (χ2v) is 5.51. The molecular weight excluding hydrogens is 240 g/mol. The Balaban J connectivity index is 1.82. The van der Waals surface area contributed by atoms with Crippen molar-refractivity contribution in [2.75, 3.05) is 18.5 Å². The van der Waals surface area contributed by atoms with Gasteiger partial charge in [0.15, 0.2) is 0 Å². The Morgan fingerprint density at radius 2 is 2.37 bits per heavy atom. The second kappa shape index (κ2) is 4.94. The van der Waals surface area contributed by atoms with Gasteiger partial charge in [-0.05, 0) is 49.9 Å². The fourth-order valence-electron chi connectivity index (χ4n) is 2.86. The maximum Gasteiger partial charge on any atom is 0.256 e. The van der Waals surface area contributed by atoms with E-state index in [9.17, 15) is 4.79 Å². The van der Waals surface area contributed by atoms with Crippen LogP contribution in [-0.4, -0.2) is 24.7 Å². The fourth-order valence-corrected chi connectivity index (χ4v) is 2.86. The average molecular weight is 260 g/mol. The van der Waals surface area contributed by atoms with Crippen LogP contribution in [0.3, 0.4) is 0 Å². The molecule has 1 amide bonds. The normalized spacial score (nSPS) is 25.9. The van der Waals surface area contributed by atoms with E-state index in [0.717, 1.165) is 38.0 Å². The molecule has 2 N–H and O–H groups in total. The van der Waals surface area contributed by atoms with Crippen molar-refractivity contribution in [1.29, 1.82) is 0 Å². The lowest BCUT2D eigenvalue weighted by Gasteiger charge is -2.25. The van der Waals surface area contributed by atoms with Crippen molar-refractivity contribution in [3.05, 3.63) is 29.3 Å². The highest BCUT2D eigenvalue weighted by molar-refractivity contribution is 5.98. The number of rotatable bonds is 2. The summed E-state index contributed by atoms with van der Waals surface area (Å²) in [6.45, 7) is 4.41. The van der Waals surface area contributed by atoms with Crippen LogP contribution >= 0.6 is 0 Å². The first-order valence-electron chi connectivity index (χ1n) is 6.96. The van der Waals surface area contributed by atoms with E-state index in [0.29, 0.717) is 6.61 Å². The summed E-state index contributed by atoms with van der Waals surface area (Å²) in [6.07, 6.45) is 2.72. The summed E-state index contributed by atoms with van der Waals surface area (Å²) < 4.78 is 5.59. The fraction of sp³-hybridized carbons (Fsp3) is 0.533. The van der Waals surface area contributed by atoms with Crippen LogP contribution in [0.25, 0.3) is 0 Å². The Morgan fingerprint density at radius 1 is 1.47 bits per heavy atom. The number of ether oxygens (including phenoxy) is 1. The van der Waals surface area contributed by atoms with Gasteiger partial charge in [0.05, 0.1) is 0 Å². The molecule has 0 bridgehead atoms. The summed E-state index contributed by atoms with van der Waals surface area (Å²) in [5.74, 6) is -0.0167. The van der Waals surface area contributed by atoms with Gasteiger partial charge in [-0.3, -0.25) is 4.79 Å². The summed E-state index contributed by atoms with van der Waals surface area (Å²) in [7, 11) is 0. The number of amides is 1. The summed E-state index contributed by atoms with van der Waals surface area (Å²) in [5, 5.41) is 6.41. The van der Waals surface area contributed by atoms with E-state index < -0.39 is 5.60 Å². The topological polar surface area (TPSA) is 50.4 Å². The van der Waals surface area contributed by atoms with Gasteiger partial charge in [-0.25, -0.2) is 0 Å². The van der Waals surface area contributed by atoms with E-state index in [1.807, 2.05) is 19.1 Å². The zero-order chi connectivity index (χ0) is 13.3. The lowest BCUT2D eigenvalue weighted by Crippen LogP contribution is -2.39. The molecule has 1 aromatic carbocycles. The van der Waals surface area contributed by atoms with Crippen LogP contribution in [0.5, 0.6) is 0 Å². The first-order valence-corrected chi connectivity index (χ1v) is 6.96. The molecule has 0 aromatic heterocycles. The number of fused-ring (bicyclic) bond motifs is 1. The first-order chi connectivity index (χ1) is 9.19. The SMILES string of the molecule is CC1(C(=O)Nc2cccc3c2CCNC3)CCCO1. The second-order valence-electron chi connectivity index (χ2n) is 5.51. The molecule has 4 nitrogen and oxygen atoms in total. The highest BCUT2D eigenvalue weighted by Crippen LogP contribution is 2.29. The van der Waals surface area contributed by atoms with E-state index in [-0.39, 0.29) is 5.91 Å². The number of carbonyl (C=O) groups is 1. The molecule has 1 saturated heterocycles. The number of anilines is 1. The zero-order valence-electron chi connectivity index (χ0n) is 11.3. The maximum absolute atomic E-state index is 12.4. The molecule has 19 heavy (non-hydrogen) atoms. The zero-order valence-corrected chi connectivity index (χ0v) is 11.3. The number of benzene rings is 1.